The zero-order valence-corrected chi connectivity index (χ0v) is 45.5. The Hall–Kier alpha value is -4.70. The first-order valence-corrected chi connectivity index (χ1v) is 27.0. The van der Waals surface area contributed by atoms with Crippen molar-refractivity contribution in [1.29, 1.82) is 0 Å². The molecule has 1 saturated carbocycles. The van der Waals surface area contributed by atoms with Gasteiger partial charge in [0.1, 0.15) is 6.10 Å². The molecule has 4 aliphatic carbocycles. The molecule has 3 heterocycles. The van der Waals surface area contributed by atoms with Crippen molar-refractivity contribution >= 4 is 46.1 Å². The van der Waals surface area contributed by atoms with Crippen molar-refractivity contribution in [2.45, 2.75) is 201 Å². The van der Waals surface area contributed by atoms with Crippen LogP contribution in [0.25, 0.3) is 11.1 Å². The van der Waals surface area contributed by atoms with E-state index in [1.54, 1.807) is 0 Å². The van der Waals surface area contributed by atoms with Crippen molar-refractivity contribution in [3.8, 4) is 11.1 Å². The predicted molar refractivity (Wildman–Crippen MR) is 298 cm³/mol. The van der Waals surface area contributed by atoms with Crippen LogP contribution in [0.4, 0.5) is 28.4 Å². The maximum Gasteiger partial charge on any atom is 0.252 e. The highest BCUT2D eigenvalue weighted by atomic mass is 16.5. The number of hydrogen-bond donors (Lipinski definition) is 0. The topological polar surface area (TPSA) is 15.7 Å². The summed E-state index contributed by atoms with van der Waals surface area (Å²) in [4.78, 5) is 4.96. The summed E-state index contributed by atoms with van der Waals surface area (Å²) in [5.74, 6) is 1.00. The van der Waals surface area contributed by atoms with Gasteiger partial charge < -0.3 is 9.64 Å². The van der Waals surface area contributed by atoms with E-state index >= 15 is 0 Å². The minimum atomic E-state index is -0.387. The molecule has 364 valence electrons. The Labute approximate surface area is 430 Å². The van der Waals surface area contributed by atoms with Gasteiger partial charge in [-0.15, -0.1) is 0 Å². The summed E-state index contributed by atoms with van der Waals surface area (Å²) in [6.45, 7) is 38.5. The monoisotopic (exact) mass is 934 g/mol. The Kier molecular flexibility index (Phi) is 8.46. The molecule has 0 saturated heterocycles. The first-order chi connectivity index (χ1) is 34.7. The highest BCUT2D eigenvalue weighted by molar-refractivity contribution is 6.95. The van der Waals surface area contributed by atoms with Gasteiger partial charge in [-0.05, 0) is 193 Å². The SMILES string of the molecule is [2H]c1c([2H])c([2H])c(-c2cc3c4c(c2)N(c2ccc5c(c2)C(C)(C)CCC5(C)C)c2cc5c(cc2B4C2=C(OC4C2C(C)(C)CCC4(C)C)N3c2ccc3c(c2)C(C)(C)CCC3(C)C)C(C)(C)CCC5(C)C)c([2H])c1[2H]. The van der Waals surface area contributed by atoms with Gasteiger partial charge in [0.2, 0.25) is 0 Å². The molecule has 3 nitrogen and oxygen atoms in total. The molecule has 2 atom stereocenters. The molecule has 5 aromatic rings. The van der Waals surface area contributed by atoms with E-state index in [0.29, 0.717) is 5.56 Å². The van der Waals surface area contributed by atoms with Gasteiger partial charge in [-0.25, -0.2) is 0 Å². The smallest absolute Gasteiger partial charge is 0.252 e. The van der Waals surface area contributed by atoms with Gasteiger partial charge in [-0.2, -0.15) is 0 Å². The molecule has 7 aliphatic rings. The number of nitrogens with zero attached hydrogens (tertiary/aromatic N) is 2. The number of anilines is 5. The van der Waals surface area contributed by atoms with Crippen LogP contribution in [0.5, 0.6) is 0 Å². The van der Waals surface area contributed by atoms with Crippen molar-refractivity contribution in [3.63, 3.8) is 0 Å². The van der Waals surface area contributed by atoms with Crippen molar-refractivity contribution in [2.24, 2.45) is 16.7 Å². The summed E-state index contributed by atoms with van der Waals surface area (Å²) in [7, 11) is 0. The molecule has 0 spiro atoms. The average Bonchev–Trinajstić information content (AvgIpc) is 3.85. The van der Waals surface area contributed by atoms with Crippen LogP contribution < -0.4 is 20.7 Å². The van der Waals surface area contributed by atoms with Crippen LogP contribution in [0.3, 0.4) is 0 Å². The Morgan fingerprint density at radius 1 is 0.457 bits per heavy atom. The van der Waals surface area contributed by atoms with Crippen LogP contribution in [-0.4, -0.2) is 12.8 Å². The summed E-state index contributed by atoms with van der Waals surface area (Å²) in [5.41, 5.74) is 17.7. The van der Waals surface area contributed by atoms with Crippen LogP contribution in [0.15, 0.2) is 102 Å². The third-order valence-corrected chi connectivity index (χ3v) is 20.1. The maximum atomic E-state index is 9.58. The van der Waals surface area contributed by atoms with Crippen LogP contribution in [0, 0.1) is 16.7 Å². The van der Waals surface area contributed by atoms with Crippen LogP contribution in [0.1, 0.15) is 202 Å². The van der Waals surface area contributed by atoms with E-state index in [0.717, 1.165) is 85.7 Å². The second-order valence-corrected chi connectivity index (χ2v) is 28.5. The van der Waals surface area contributed by atoms with Gasteiger partial charge >= 0.3 is 0 Å². The van der Waals surface area contributed by atoms with Gasteiger partial charge in [0.15, 0.2) is 5.88 Å². The van der Waals surface area contributed by atoms with E-state index in [1.807, 2.05) is 0 Å². The Morgan fingerprint density at radius 2 is 0.900 bits per heavy atom. The molecule has 0 aromatic heterocycles. The highest BCUT2D eigenvalue weighted by Gasteiger charge is 2.61. The lowest BCUT2D eigenvalue weighted by molar-refractivity contribution is -0.0655. The van der Waals surface area contributed by atoms with Crippen molar-refractivity contribution in [2.75, 3.05) is 9.80 Å². The van der Waals surface area contributed by atoms with Gasteiger partial charge in [-0.3, -0.25) is 4.90 Å². The molecule has 0 bridgehead atoms. The van der Waals surface area contributed by atoms with E-state index in [9.17, 15) is 2.74 Å². The van der Waals surface area contributed by atoms with E-state index in [2.05, 4.69) is 181 Å². The molecule has 0 radical (unpaired) electrons. The minimum Gasteiger partial charge on any atom is -0.475 e. The second kappa shape index (κ2) is 14.5. The molecule has 3 aliphatic heterocycles. The lowest BCUT2D eigenvalue weighted by Crippen LogP contribution is -2.59. The van der Waals surface area contributed by atoms with Gasteiger partial charge in [0.05, 0.1) is 6.85 Å². The van der Waals surface area contributed by atoms with Crippen molar-refractivity contribution in [1.82, 2.24) is 0 Å². The third kappa shape index (κ3) is 6.58. The predicted octanol–water partition coefficient (Wildman–Crippen LogP) is 16.6. The first-order valence-electron chi connectivity index (χ1n) is 29.5. The normalized spacial score (nSPS) is 26.9. The van der Waals surface area contributed by atoms with E-state index < -0.39 is 0 Å². The van der Waals surface area contributed by atoms with E-state index in [1.165, 1.54) is 49.8 Å². The van der Waals surface area contributed by atoms with Crippen molar-refractivity contribution in [3.05, 3.63) is 136 Å². The lowest BCUT2D eigenvalue weighted by atomic mass is 9.29. The summed E-state index contributed by atoms with van der Waals surface area (Å²) < 4.78 is 53.8. The zero-order valence-electron chi connectivity index (χ0n) is 50.5. The zero-order chi connectivity index (χ0) is 54.0. The minimum absolute atomic E-state index is 0.0120. The molecule has 70 heavy (non-hydrogen) atoms. The summed E-state index contributed by atoms with van der Waals surface area (Å²) in [5, 5.41) is 0. The molecule has 12 rings (SSSR count). The largest absolute Gasteiger partial charge is 0.475 e. The molecule has 4 heteroatoms. The quantitative estimate of drug-likeness (QED) is 0.168. The number of fused-ring (bicyclic) bond motifs is 8. The van der Waals surface area contributed by atoms with E-state index in [4.69, 9.17) is 8.85 Å². The Morgan fingerprint density at radius 3 is 1.43 bits per heavy atom. The lowest BCUT2D eigenvalue weighted by Gasteiger charge is -2.50. The second-order valence-electron chi connectivity index (χ2n) is 28.5. The summed E-state index contributed by atoms with van der Waals surface area (Å²) in [6.07, 6.45) is 8.62. The Bertz CT molecular complexity index is 3340. The fourth-order valence-corrected chi connectivity index (χ4v) is 15.0. The molecular formula is C66H81BN2O. The van der Waals surface area contributed by atoms with Gasteiger partial charge in [-0.1, -0.05) is 159 Å². The first kappa shape index (κ1) is 40.9. The molecular weight excluding hydrogens is 848 g/mol. The maximum absolute atomic E-state index is 9.58. The fourth-order valence-electron chi connectivity index (χ4n) is 15.0. The van der Waals surface area contributed by atoms with E-state index in [-0.39, 0.29) is 97.8 Å². The number of hydrogen-bond acceptors (Lipinski definition) is 3. The van der Waals surface area contributed by atoms with Crippen molar-refractivity contribution < 1.29 is 11.6 Å². The van der Waals surface area contributed by atoms with Gasteiger partial charge in [0.25, 0.3) is 6.71 Å². The van der Waals surface area contributed by atoms with Crippen LogP contribution in [-0.2, 0) is 37.2 Å². The third-order valence-electron chi connectivity index (χ3n) is 20.1. The molecule has 5 aromatic carbocycles. The highest BCUT2D eigenvalue weighted by Crippen LogP contribution is 2.62. The molecule has 0 amide bonds. The van der Waals surface area contributed by atoms with Crippen LogP contribution in [0.2, 0.25) is 0 Å². The molecule has 0 N–H and O–H groups in total. The standard InChI is InChI=1S/C66H81BN2O/c1-59(2)26-28-61(5,6)46-36-42(22-24-44(46)59)68-51-39-49-48(63(9,10)30-31-64(49,11)12)38-50(51)67-55-52(68)34-41(40-20-18-17-19-21-40)35-53(55)69(43-23-25-45-47(37-43)62(7,8)29-27-60(45,3)4)58-56(67)54-57(70-58)66(15,16)33-32-65(54,13)14/h17-25,34-39,54,57H,26-33H2,1-16H3/i17D,18D,19D,20D,21D. The number of rotatable bonds is 3. The molecule has 1 fully saturated rings. The van der Waals surface area contributed by atoms with Crippen LogP contribution >= 0.6 is 0 Å². The molecule has 2 unspecified atom stereocenters. The Balaban J connectivity index is 1.26. The number of benzene rings is 5. The fraction of sp³-hybridized carbons (Fsp3) is 0.515. The average molecular weight is 934 g/mol. The van der Waals surface area contributed by atoms with Gasteiger partial charge in [0, 0.05) is 39.8 Å². The number of ether oxygens (including phenoxy) is 1. The summed E-state index contributed by atoms with van der Waals surface area (Å²) in [6, 6.07) is 22.5. The summed E-state index contributed by atoms with van der Waals surface area (Å²) >= 11 is 0.